The van der Waals surface area contributed by atoms with E-state index in [9.17, 15) is 0 Å². The average Bonchev–Trinajstić information content (AvgIpc) is 2.87. The van der Waals surface area contributed by atoms with Crippen molar-refractivity contribution < 1.29 is 0 Å². The first-order chi connectivity index (χ1) is 10.3. The van der Waals surface area contributed by atoms with Crippen LogP contribution < -0.4 is 5.32 Å². The third-order valence-electron chi connectivity index (χ3n) is 4.35. The summed E-state index contributed by atoms with van der Waals surface area (Å²) in [6.07, 6.45) is 0. The van der Waals surface area contributed by atoms with Crippen LogP contribution in [0.2, 0.25) is 0 Å². The van der Waals surface area contributed by atoms with Crippen LogP contribution >= 0.6 is 0 Å². The van der Waals surface area contributed by atoms with Gasteiger partial charge in [0.2, 0.25) is 0 Å². The third kappa shape index (κ3) is 3.93. The van der Waals surface area contributed by atoms with Crippen molar-refractivity contribution >= 4 is 0 Å². The van der Waals surface area contributed by atoms with Crippen LogP contribution in [0.1, 0.15) is 18.1 Å². The molecule has 2 aromatic rings. The second-order valence-corrected chi connectivity index (χ2v) is 6.13. The molecule has 1 fully saturated rings. The number of benzene rings is 2. The van der Waals surface area contributed by atoms with Gasteiger partial charge < -0.3 is 5.32 Å². The molecule has 21 heavy (non-hydrogen) atoms. The molecule has 2 atom stereocenters. The highest BCUT2D eigenvalue weighted by molar-refractivity contribution is 5.16. The standard InChI is InChI=1S/C19H24N2/c1-16-13-21(14-18-10-6-3-7-11-18)15-19(16)20-12-17-8-4-2-5-9-17/h2-11,16,19-20H,12-15H2,1H3. The summed E-state index contributed by atoms with van der Waals surface area (Å²) < 4.78 is 0. The number of nitrogens with one attached hydrogen (secondary N) is 1. The molecule has 0 aromatic heterocycles. The number of hydrogen-bond donors (Lipinski definition) is 1. The molecule has 0 spiro atoms. The maximum atomic E-state index is 3.72. The number of nitrogens with zero attached hydrogens (tertiary/aromatic N) is 1. The van der Waals surface area contributed by atoms with Crippen molar-refractivity contribution in [3.63, 3.8) is 0 Å². The molecular formula is C19H24N2. The van der Waals surface area contributed by atoms with E-state index in [1.807, 2.05) is 0 Å². The van der Waals surface area contributed by atoms with Crippen LogP contribution in [0.4, 0.5) is 0 Å². The summed E-state index contributed by atoms with van der Waals surface area (Å²) in [4.78, 5) is 2.56. The topological polar surface area (TPSA) is 15.3 Å². The van der Waals surface area contributed by atoms with Gasteiger partial charge in [0.05, 0.1) is 0 Å². The van der Waals surface area contributed by atoms with Crippen LogP contribution in [0.15, 0.2) is 60.7 Å². The first kappa shape index (κ1) is 14.3. The van der Waals surface area contributed by atoms with Gasteiger partial charge in [-0.15, -0.1) is 0 Å². The van der Waals surface area contributed by atoms with Crippen LogP contribution in [0.3, 0.4) is 0 Å². The van der Waals surface area contributed by atoms with Crippen molar-refractivity contribution in [1.82, 2.24) is 10.2 Å². The molecular weight excluding hydrogens is 256 g/mol. The smallest absolute Gasteiger partial charge is 0.0236 e. The van der Waals surface area contributed by atoms with Gasteiger partial charge in [0.1, 0.15) is 0 Å². The van der Waals surface area contributed by atoms with Gasteiger partial charge in [-0.05, 0) is 17.0 Å². The van der Waals surface area contributed by atoms with Gasteiger partial charge in [-0.1, -0.05) is 67.6 Å². The highest BCUT2D eigenvalue weighted by Crippen LogP contribution is 2.19. The minimum absolute atomic E-state index is 0.592. The van der Waals surface area contributed by atoms with E-state index in [1.54, 1.807) is 0 Å². The lowest BCUT2D eigenvalue weighted by molar-refractivity contribution is 0.316. The molecule has 0 amide bonds. The van der Waals surface area contributed by atoms with E-state index in [0.717, 1.165) is 19.6 Å². The number of hydrogen-bond acceptors (Lipinski definition) is 2. The summed E-state index contributed by atoms with van der Waals surface area (Å²) >= 11 is 0. The van der Waals surface area contributed by atoms with E-state index >= 15 is 0 Å². The van der Waals surface area contributed by atoms with Crippen molar-refractivity contribution in [1.29, 1.82) is 0 Å². The molecule has 0 saturated carbocycles. The van der Waals surface area contributed by atoms with E-state index in [2.05, 4.69) is 77.8 Å². The Kier molecular flexibility index (Phi) is 4.69. The fourth-order valence-corrected chi connectivity index (χ4v) is 3.15. The van der Waals surface area contributed by atoms with Crippen molar-refractivity contribution in [2.24, 2.45) is 5.92 Å². The lowest BCUT2D eigenvalue weighted by Gasteiger charge is -2.17. The highest BCUT2D eigenvalue weighted by atomic mass is 15.2. The predicted octanol–water partition coefficient (Wildman–Crippen LogP) is 3.30. The van der Waals surface area contributed by atoms with Gasteiger partial charge in [-0.2, -0.15) is 0 Å². The SMILES string of the molecule is CC1CN(Cc2ccccc2)CC1NCc1ccccc1. The second-order valence-electron chi connectivity index (χ2n) is 6.13. The lowest BCUT2D eigenvalue weighted by atomic mass is 10.1. The van der Waals surface area contributed by atoms with Gasteiger partial charge >= 0.3 is 0 Å². The van der Waals surface area contributed by atoms with Crippen molar-refractivity contribution in [2.45, 2.75) is 26.1 Å². The van der Waals surface area contributed by atoms with Crippen LogP contribution in [0.25, 0.3) is 0 Å². The maximum absolute atomic E-state index is 3.72. The summed E-state index contributed by atoms with van der Waals surface area (Å²) in [6.45, 7) is 6.71. The van der Waals surface area contributed by atoms with Crippen LogP contribution in [-0.2, 0) is 13.1 Å². The molecule has 3 rings (SSSR count). The van der Waals surface area contributed by atoms with Crippen molar-refractivity contribution in [3.8, 4) is 0 Å². The zero-order chi connectivity index (χ0) is 14.5. The van der Waals surface area contributed by atoms with Gasteiger partial charge in [0.25, 0.3) is 0 Å². The zero-order valence-electron chi connectivity index (χ0n) is 12.7. The molecule has 0 radical (unpaired) electrons. The van der Waals surface area contributed by atoms with Crippen LogP contribution in [0.5, 0.6) is 0 Å². The normalized spacial score (nSPS) is 22.5. The van der Waals surface area contributed by atoms with E-state index < -0.39 is 0 Å². The number of rotatable bonds is 5. The minimum Gasteiger partial charge on any atom is -0.308 e. The van der Waals surface area contributed by atoms with Gasteiger partial charge in [0.15, 0.2) is 0 Å². The second kappa shape index (κ2) is 6.88. The molecule has 110 valence electrons. The Morgan fingerprint density at radius 1 is 0.905 bits per heavy atom. The van der Waals surface area contributed by atoms with E-state index in [4.69, 9.17) is 0 Å². The fourth-order valence-electron chi connectivity index (χ4n) is 3.15. The summed E-state index contributed by atoms with van der Waals surface area (Å²) in [6, 6.07) is 22.0. The first-order valence-electron chi connectivity index (χ1n) is 7.85. The predicted molar refractivity (Wildman–Crippen MR) is 88.0 cm³/mol. The van der Waals surface area contributed by atoms with Crippen molar-refractivity contribution in [3.05, 3.63) is 71.8 Å². The highest BCUT2D eigenvalue weighted by Gasteiger charge is 2.28. The minimum atomic E-state index is 0.592. The van der Waals surface area contributed by atoms with E-state index in [0.29, 0.717) is 12.0 Å². The molecule has 1 aliphatic heterocycles. The molecule has 1 saturated heterocycles. The van der Waals surface area contributed by atoms with Gasteiger partial charge in [-0.3, -0.25) is 4.90 Å². The summed E-state index contributed by atoms with van der Waals surface area (Å²) in [5.74, 6) is 0.706. The van der Waals surface area contributed by atoms with E-state index in [-0.39, 0.29) is 0 Å². The van der Waals surface area contributed by atoms with E-state index in [1.165, 1.54) is 17.7 Å². The summed E-state index contributed by atoms with van der Waals surface area (Å²) in [5, 5.41) is 3.72. The fraction of sp³-hybridized carbons (Fsp3) is 0.368. The molecule has 2 aromatic carbocycles. The Labute approximate surface area is 127 Å². The summed E-state index contributed by atoms with van der Waals surface area (Å²) in [5.41, 5.74) is 2.78. The molecule has 2 heteroatoms. The Morgan fingerprint density at radius 2 is 1.52 bits per heavy atom. The Hall–Kier alpha value is -1.64. The molecule has 0 bridgehead atoms. The zero-order valence-corrected chi connectivity index (χ0v) is 12.7. The first-order valence-corrected chi connectivity index (χ1v) is 7.85. The quantitative estimate of drug-likeness (QED) is 0.904. The lowest BCUT2D eigenvalue weighted by Crippen LogP contribution is -2.34. The van der Waals surface area contributed by atoms with Crippen molar-refractivity contribution in [2.75, 3.05) is 13.1 Å². The monoisotopic (exact) mass is 280 g/mol. The maximum Gasteiger partial charge on any atom is 0.0236 e. The Balaban J connectivity index is 1.51. The molecule has 2 unspecified atom stereocenters. The van der Waals surface area contributed by atoms with Gasteiger partial charge in [-0.25, -0.2) is 0 Å². The van der Waals surface area contributed by atoms with Crippen LogP contribution in [-0.4, -0.2) is 24.0 Å². The molecule has 2 nitrogen and oxygen atoms in total. The Morgan fingerprint density at radius 3 is 2.19 bits per heavy atom. The van der Waals surface area contributed by atoms with Gasteiger partial charge in [0, 0.05) is 32.2 Å². The molecule has 1 N–H and O–H groups in total. The number of likely N-dealkylation sites (tertiary alicyclic amines) is 1. The Bertz CT molecular complexity index is 538. The van der Waals surface area contributed by atoms with Crippen LogP contribution in [0, 0.1) is 5.92 Å². The average molecular weight is 280 g/mol. The third-order valence-corrected chi connectivity index (χ3v) is 4.35. The molecule has 0 aliphatic carbocycles. The molecule has 1 aliphatic rings. The summed E-state index contributed by atoms with van der Waals surface area (Å²) in [7, 11) is 0. The largest absolute Gasteiger partial charge is 0.308 e. The molecule has 1 heterocycles.